The first-order chi connectivity index (χ1) is 8.77. The minimum atomic E-state index is -4.17. The minimum absolute atomic E-state index is 0.493. The quantitative estimate of drug-likeness (QED) is 0.505. The predicted molar refractivity (Wildman–Crippen MR) is 73.7 cm³/mol. The van der Waals surface area contributed by atoms with Gasteiger partial charge >= 0.3 is 0 Å². The fraction of sp³-hybridized carbons (Fsp3) is 1.00. The summed E-state index contributed by atoms with van der Waals surface area (Å²) in [6.45, 7) is 5.08. The molecule has 0 spiro atoms. The van der Waals surface area contributed by atoms with Crippen molar-refractivity contribution in [2.24, 2.45) is 47.3 Å². The Balaban J connectivity index is 0.000000193. The third-order valence-electron chi connectivity index (χ3n) is 6.76. The second-order valence-corrected chi connectivity index (χ2v) is 8.81. The molecule has 4 fully saturated rings. The summed E-state index contributed by atoms with van der Waals surface area (Å²) in [4.78, 5) is 0. The molecule has 0 aromatic rings. The van der Waals surface area contributed by atoms with E-state index in [4.69, 9.17) is 8.42 Å². The van der Waals surface area contributed by atoms with Gasteiger partial charge in [-0.05, 0) is 73.0 Å². The lowest BCUT2D eigenvalue weighted by Crippen LogP contribution is -2.35. The van der Waals surface area contributed by atoms with Gasteiger partial charge in [0.2, 0.25) is 0 Å². The molecular weight excluding hydrogens is 263 g/mol. The number of hydrogen-bond acceptors (Lipinski definition) is 2. The van der Waals surface area contributed by atoms with Crippen LogP contribution in [0.3, 0.4) is 0 Å². The van der Waals surface area contributed by atoms with Gasteiger partial charge in [-0.1, -0.05) is 13.8 Å². The van der Waals surface area contributed by atoms with Crippen molar-refractivity contribution in [2.75, 3.05) is 6.26 Å². The van der Waals surface area contributed by atoms with E-state index in [0.29, 0.717) is 6.26 Å². The zero-order chi connectivity index (χ0) is 13.9. The van der Waals surface area contributed by atoms with Gasteiger partial charge in [0, 0.05) is 0 Å². The molecule has 4 heteroatoms. The maximum absolute atomic E-state index is 10.7. The van der Waals surface area contributed by atoms with Gasteiger partial charge in [0.1, 0.15) is 0 Å². The van der Waals surface area contributed by atoms with Crippen LogP contribution >= 0.6 is 0 Å². The van der Waals surface area contributed by atoms with Crippen molar-refractivity contribution in [3.63, 3.8) is 0 Å². The van der Waals surface area contributed by atoms with E-state index in [1.165, 1.54) is 23.7 Å². The highest BCUT2D eigenvalue weighted by Gasteiger charge is 2.63. The van der Waals surface area contributed by atoms with Gasteiger partial charge in [0.05, 0.1) is 6.26 Å². The standard InChI is InChI=1S/C14H22.CH3FO2S/c1-7-8(2)12-6-11(7)13-9-3-4-10(5-9)14(12)13;1-5(2,3)4/h7-14H,3-6H2,1-2H3;1H3. The SMILES string of the molecule is CC1C(C)C2CC1C1C3CCC(C3)C21.CS(=O)(=O)F. The summed E-state index contributed by atoms with van der Waals surface area (Å²) in [5.74, 6) is 9.16. The summed E-state index contributed by atoms with van der Waals surface area (Å²) in [7, 11) is -4.17. The van der Waals surface area contributed by atoms with E-state index in [1.807, 2.05) is 0 Å². The number of hydrogen-bond donors (Lipinski definition) is 0. The average Bonchev–Trinajstić information content (AvgIpc) is 2.97. The molecule has 19 heavy (non-hydrogen) atoms. The average molecular weight is 288 g/mol. The Morgan fingerprint density at radius 2 is 1.26 bits per heavy atom. The topological polar surface area (TPSA) is 34.1 Å². The molecule has 0 aromatic heterocycles. The second-order valence-electron chi connectivity index (χ2n) is 7.45. The van der Waals surface area contributed by atoms with Crippen molar-refractivity contribution < 1.29 is 12.3 Å². The molecule has 110 valence electrons. The Kier molecular flexibility index (Phi) is 3.23. The summed E-state index contributed by atoms with van der Waals surface area (Å²) in [5, 5.41) is 0. The molecule has 4 rings (SSSR count). The van der Waals surface area contributed by atoms with E-state index in [1.54, 1.807) is 25.7 Å². The van der Waals surface area contributed by atoms with E-state index >= 15 is 0 Å². The van der Waals surface area contributed by atoms with Crippen LogP contribution in [0.15, 0.2) is 0 Å². The highest BCUT2D eigenvalue weighted by atomic mass is 32.3. The normalized spacial score (nSPS) is 53.9. The van der Waals surface area contributed by atoms with Crippen LogP contribution < -0.4 is 0 Å². The van der Waals surface area contributed by atoms with Gasteiger partial charge in [-0.15, -0.1) is 3.89 Å². The van der Waals surface area contributed by atoms with E-state index < -0.39 is 10.2 Å². The number of fused-ring (bicyclic) bond motifs is 9. The van der Waals surface area contributed by atoms with Crippen LogP contribution in [0, 0.1) is 47.3 Å². The lowest BCUT2D eigenvalue weighted by Gasteiger charge is -2.41. The molecule has 4 saturated carbocycles. The molecule has 0 aromatic carbocycles. The summed E-state index contributed by atoms with van der Waals surface area (Å²) in [5.41, 5.74) is 0. The highest BCUT2D eigenvalue weighted by Crippen LogP contribution is 2.70. The van der Waals surface area contributed by atoms with Crippen molar-refractivity contribution in [1.82, 2.24) is 0 Å². The van der Waals surface area contributed by atoms with Crippen LogP contribution in [0.1, 0.15) is 39.5 Å². The van der Waals surface area contributed by atoms with E-state index in [9.17, 15) is 3.89 Å². The van der Waals surface area contributed by atoms with Crippen LogP contribution in [-0.2, 0) is 10.2 Å². The summed E-state index contributed by atoms with van der Waals surface area (Å²) in [6, 6.07) is 0. The molecule has 0 radical (unpaired) electrons. The molecule has 8 atom stereocenters. The van der Waals surface area contributed by atoms with E-state index in [0.717, 1.165) is 23.7 Å². The lowest BCUT2D eigenvalue weighted by molar-refractivity contribution is 0.0716. The van der Waals surface area contributed by atoms with Crippen LogP contribution in [0.5, 0.6) is 0 Å². The molecule has 0 heterocycles. The number of rotatable bonds is 0. The van der Waals surface area contributed by atoms with Gasteiger partial charge in [0.25, 0.3) is 10.2 Å². The van der Waals surface area contributed by atoms with Gasteiger partial charge in [0.15, 0.2) is 0 Å². The third kappa shape index (κ3) is 2.24. The van der Waals surface area contributed by atoms with Gasteiger partial charge in [-0.25, -0.2) is 0 Å². The first-order valence-electron chi connectivity index (χ1n) is 7.67. The Hall–Kier alpha value is -0.120. The van der Waals surface area contributed by atoms with Crippen LogP contribution in [0.25, 0.3) is 0 Å². The number of halogens is 1. The van der Waals surface area contributed by atoms with Gasteiger partial charge in [-0.3, -0.25) is 0 Å². The fourth-order valence-electron chi connectivity index (χ4n) is 6.19. The Morgan fingerprint density at radius 3 is 1.63 bits per heavy atom. The van der Waals surface area contributed by atoms with Crippen LogP contribution in [0.2, 0.25) is 0 Å². The first kappa shape index (κ1) is 13.8. The molecule has 0 saturated heterocycles. The monoisotopic (exact) mass is 288 g/mol. The van der Waals surface area contributed by atoms with Crippen molar-refractivity contribution in [2.45, 2.75) is 39.5 Å². The molecule has 2 nitrogen and oxygen atoms in total. The Bertz CT molecular complexity index is 427. The smallest absolute Gasteiger partial charge is 0.195 e. The van der Waals surface area contributed by atoms with Crippen molar-refractivity contribution in [3.05, 3.63) is 0 Å². The summed E-state index contributed by atoms with van der Waals surface area (Å²) >= 11 is 0. The van der Waals surface area contributed by atoms with Gasteiger partial charge in [-0.2, -0.15) is 8.42 Å². The highest BCUT2D eigenvalue weighted by molar-refractivity contribution is 7.85. The first-order valence-corrected chi connectivity index (χ1v) is 9.46. The third-order valence-corrected chi connectivity index (χ3v) is 6.76. The predicted octanol–water partition coefficient (Wildman–Crippen LogP) is 3.49. The largest absolute Gasteiger partial charge is 0.299 e. The molecule has 0 N–H and O–H groups in total. The summed E-state index contributed by atoms with van der Waals surface area (Å²) < 4.78 is 28.6. The molecule has 0 aliphatic heterocycles. The maximum Gasteiger partial charge on any atom is 0.299 e. The lowest BCUT2D eigenvalue weighted by atomic mass is 9.64. The minimum Gasteiger partial charge on any atom is -0.195 e. The van der Waals surface area contributed by atoms with E-state index in [2.05, 4.69) is 13.8 Å². The molecule has 4 aliphatic carbocycles. The second kappa shape index (κ2) is 4.44. The Labute approximate surface area is 116 Å². The molecule has 4 aliphatic rings. The Morgan fingerprint density at radius 1 is 0.895 bits per heavy atom. The zero-order valence-corrected chi connectivity index (χ0v) is 12.9. The van der Waals surface area contributed by atoms with E-state index in [-0.39, 0.29) is 0 Å². The van der Waals surface area contributed by atoms with Crippen molar-refractivity contribution in [3.8, 4) is 0 Å². The van der Waals surface area contributed by atoms with Crippen molar-refractivity contribution in [1.29, 1.82) is 0 Å². The molecule has 8 unspecified atom stereocenters. The maximum atomic E-state index is 10.7. The molecular formula is C15H25FO2S. The zero-order valence-electron chi connectivity index (χ0n) is 12.0. The molecule has 0 amide bonds. The molecule has 4 bridgehead atoms. The van der Waals surface area contributed by atoms with Gasteiger partial charge < -0.3 is 0 Å². The summed E-state index contributed by atoms with van der Waals surface area (Å²) in [6.07, 6.45) is 6.92. The van der Waals surface area contributed by atoms with Crippen LogP contribution in [-0.4, -0.2) is 14.7 Å². The fourth-order valence-corrected chi connectivity index (χ4v) is 6.19. The van der Waals surface area contributed by atoms with Crippen LogP contribution in [0.4, 0.5) is 3.89 Å². The van der Waals surface area contributed by atoms with Crippen molar-refractivity contribution >= 4 is 10.2 Å².